The molecule has 0 aromatic rings. The first kappa shape index (κ1) is 35.0. The first-order chi connectivity index (χ1) is 10.2. The van der Waals surface area contributed by atoms with E-state index in [1.54, 1.807) is 0 Å². The van der Waals surface area contributed by atoms with Crippen LogP contribution < -0.4 is 0 Å². The van der Waals surface area contributed by atoms with Gasteiger partial charge in [0.05, 0.1) is 0 Å². The Morgan fingerprint density at radius 2 is 0.652 bits per heavy atom. The Morgan fingerprint density at radius 1 is 0.435 bits per heavy atom. The van der Waals surface area contributed by atoms with Gasteiger partial charge in [0.1, 0.15) is 0 Å². The van der Waals surface area contributed by atoms with Crippen LogP contribution in [0.2, 0.25) is 0 Å². The Bertz CT molecular complexity index is 93.2. The predicted octanol–water partition coefficient (Wildman–Crippen LogP) is 7.55. The van der Waals surface area contributed by atoms with Crippen LogP contribution in [0.3, 0.4) is 0 Å². The summed E-state index contributed by atoms with van der Waals surface area (Å²) in [6, 6.07) is 0. The zero-order valence-electron chi connectivity index (χ0n) is 16.7. The molecule has 0 heterocycles. The Balaban J connectivity index is -0.0000000675. The Morgan fingerprint density at radius 3 is 0.783 bits per heavy atom. The average Bonchev–Trinajstić information content (AvgIpc) is 2.50. The molecule has 0 unspecified atom stereocenters. The van der Waals surface area contributed by atoms with Gasteiger partial charge in [0.25, 0.3) is 0 Å². The second-order valence-corrected chi connectivity index (χ2v) is 5.74. The summed E-state index contributed by atoms with van der Waals surface area (Å²) >= 11 is 0. The fourth-order valence-corrected chi connectivity index (χ4v) is 1.81. The van der Waals surface area contributed by atoms with Gasteiger partial charge in [-0.15, -0.1) is 0 Å². The maximum Gasteiger partial charge on any atom is 3.00 e. The first-order valence-electron chi connectivity index (χ1n) is 9.62. The Hall–Kier alpha value is 0.843. The molecule has 0 saturated heterocycles. The van der Waals surface area contributed by atoms with Gasteiger partial charge in [-0.3, -0.25) is 0 Å². The van der Waals surface area contributed by atoms with Crippen molar-refractivity contribution in [3.8, 4) is 0 Å². The molecule has 0 saturated carbocycles. The zero-order valence-corrected chi connectivity index (χ0v) is 19.2. The fourth-order valence-electron chi connectivity index (χ4n) is 1.81. The van der Waals surface area contributed by atoms with E-state index in [4.69, 9.17) is 0 Å². The first-order valence-corrected chi connectivity index (χ1v) is 9.62. The second-order valence-electron chi connectivity index (χ2n) is 5.74. The predicted molar refractivity (Wildman–Crippen MR) is 106 cm³/mol. The van der Waals surface area contributed by atoms with Crippen molar-refractivity contribution in [3.05, 3.63) is 20.8 Å². The van der Waals surface area contributed by atoms with E-state index in [-0.39, 0.29) is 31.7 Å². The summed E-state index contributed by atoms with van der Waals surface area (Å²) in [6.07, 6.45) is 19.6. The summed E-state index contributed by atoms with van der Waals surface area (Å²) in [6.45, 7) is 17.9. The minimum atomic E-state index is 0. The Kier molecular flexibility index (Phi) is 66.2. The van der Waals surface area contributed by atoms with Gasteiger partial charge in [-0.2, -0.15) is 19.3 Å². The van der Waals surface area contributed by atoms with Crippen molar-refractivity contribution >= 4 is 0 Å². The number of hydrogen-bond acceptors (Lipinski definition) is 0. The van der Waals surface area contributed by atoms with Crippen molar-refractivity contribution in [2.75, 3.05) is 0 Å². The number of rotatable bonds is 12. The van der Waals surface area contributed by atoms with Crippen LogP contribution in [-0.4, -0.2) is 5.48 Å². The van der Waals surface area contributed by atoms with Gasteiger partial charge in [0, 0.05) is 0 Å². The van der Waals surface area contributed by atoms with Crippen LogP contribution in [0.4, 0.5) is 0 Å². The quantitative estimate of drug-likeness (QED) is 0.237. The van der Waals surface area contributed by atoms with Crippen LogP contribution in [0, 0.1) is 20.8 Å². The van der Waals surface area contributed by atoms with Crippen LogP contribution in [0.15, 0.2) is 0 Å². The van der Waals surface area contributed by atoms with Crippen LogP contribution in [0.5, 0.6) is 0 Å². The van der Waals surface area contributed by atoms with E-state index < -0.39 is 0 Å². The monoisotopic (exact) mass is 405 g/mol. The number of hydrogen-bond donors (Lipinski definition) is 0. The van der Waals surface area contributed by atoms with E-state index in [9.17, 15) is 0 Å². The number of unbranched alkanes of at least 4 members (excludes halogenated alkanes) is 12. The van der Waals surface area contributed by atoms with Crippen molar-refractivity contribution in [2.24, 2.45) is 0 Å². The van der Waals surface area contributed by atoms with Crippen molar-refractivity contribution in [2.45, 2.75) is 117 Å². The van der Waals surface area contributed by atoms with Gasteiger partial charge in [-0.25, -0.2) is 0 Å². The molecule has 0 rings (SSSR count). The molecule has 0 fully saturated rings. The maximum atomic E-state index is 3.76. The molecular weight excluding hydrogens is 359 g/mol. The molecule has 0 aromatic carbocycles. The second kappa shape index (κ2) is 43.4. The molecule has 0 bridgehead atoms. The molecule has 0 amide bonds. The molecule has 0 atom stereocenters. The molecule has 0 aliphatic rings. The SMILES string of the molecule is O.[CH2-]CCCCCC.[CH2-]CCCCCC.[CH2-]CCCCCC.[Zr+3]. The van der Waals surface area contributed by atoms with Crippen LogP contribution in [-0.2, 0) is 26.2 Å². The molecule has 141 valence electrons. The smallest absolute Gasteiger partial charge is 0.412 e. The van der Waals surface area contributed by atoms with Gasteiger partial charge in [-0.1, -0.05) is 97.8 Å². The van der Waals surface area contributed by atoms with Crippen molar-refractivity contribution in [1.29, 1.82) is 0 Å². The van der Waals surface area contributed by atoms with Gasteiger partial charge >= 0.3 is 26.2 Å². The molecule has 23 heavy (non-hydrogen) atoms. The largest absolute Gasteiger partial charge is 3.00 e. The van der Waals surface area contributed by atoms with Crippen molar-refractivity contribution in [3.63, 3.8) is 0 Å². The van der Waals surface area contributed by atoms with E-state index >= 15 is 0 Å². The minimum absolute atomic E-state index is 0. The van der Waals surface area contributed by atoms with Crippen LogP contribution >= 0.6 is 0 Å². The molecule has 2 heteroatoms. The van der Waals surface area contributed by atoms with E-state index in [1.165, 1.54) is 77.0 Å². The zero-order chi connectivity index (χ0) is 16.6. The molecule has 0 aliphatic heterocycles. The van der Waals surface area contributed by atoms with Crippen LogP contribution in [0.1, 0.15) is 117 Å². The molecule has 1 nitrogen and oxygen atoms in total. The minimum Gasteiger partial charge on any atom is -0.412 e. The van der Waals surface area contributed by atoms with Gasteiger partial charge in [0.15, 0.2) is 0 Å². The molecule has 0 spiro atoms. The summed E-state index contributed by atoms with van der Waals surface area (Å²) in [7, 11) is 0. The fraction of sp³-hybridized carbons (Fsp3) is 0.857. The topological polar surface area (TPSA) is 31.5 Å². The normalized spacial score (nSPS) is 8.61. The van der Waals surface area contributed by atoms with Crippen LogP contribution in [0.25, 0.3) is 0 Å². The molecule has 2 N–H and O–H groups in total. The summed E-state index contributed by atoms with van der Waals surface area (Å²) < 4.78 is 0. The molecular formula is C21H47OZr. The van der Waals surface area contributed by atoms with Gasteiger partial charge < -0.3 is 26.2 Å². The summed E-state index contributed by atoms with van der Waals surface area (Å²) in [4.78, 5) is 0. The summed E-state index contributed by atoms with van der Waals surface area (Å²) in [5, 5.41) is 0. The van der Waals surface area contributed by atoms with Gasteiger partial charge in [0.2, 0.25) is 0 Å². The van der Waals surface area contributed by atoms with Crippen molar-refractivity contribution in [1.82, 2.24) is 0 Å². The molecule has 0 aliphatic carbocycles. The van der Waals surface area contributed by atoms with Gasteiger partial charge in [-0.05, 0) is 0 Å². The molecule has 0 aromatic heterocycles. The van der Waals surface area contributed by atoms with E-state index in [0.29, 0.717) is 0 Å². The third kappa shape index (κ3) is 60.2. The third-order valence-electron chi connectivity index (χ3n) is 3.31. The van der Waals surface area contributed by atoms with Crippen molar-refractivity contribution < 1.29 is 31.7 Å². The Labute approximate surface area is 169 Å². The maximum absolute atomic E-state index is 3.76. The third-order valence-corrected chi connectivity index (χ3v) is 3.31. The average molecular weight is 407 g/mol. The van der Waals surface area contributed by atoms with E-state index in [1.807, 2.05) is 0 Å². The molecule has 1 radical (unpaired) electrons. The standard InChI is InChI=1S/3C7H15.H2O.Zr/c3*1-3-5-7-6-4-2;;/h3*1,3-7H2,2H3;1H2;/q3*-1;;+3. The van der Waals surface area contributed by atoms with E-state index in [0.717, 1.165) is 19.3 Å². The van der Waals surface area contributed by atoms with E-state index in [2.05, 4.69) is 41.5 Å². The summed E-state index contributed by atoms with van der Waals surface area (Å²) in [5.74, 6) is 0. The summed E-state index contributed by atoms with van der Waals surface area (Å²) in [5.41, 5.74) is 0.